The molecule has 4 aromatic rings. The second kappa shape index (κ2) is 11.8. The molecule has 3 heterocycles. The van der Waals surface area contributed by atoms with Crippen LogP contribution in [0.2, 0.25) is 0 Å². The van der Waals surface area contributed by atoms with Crippen LogP contribution >= 0.6 is 0 Å². The fourth-order valence-corrected chi connectivity index (χ4v) is 7.28. The summed E-state index contributed by atoms with van der Waals surface area (Å²) in [5, 5.41) is 13.7. The molecule has 46 heavy (non-hydrogen) atoms. The van der Waals surface area contributed by atoms with Crippen molar-refractivity contribution in [2.75, 3.05) is 13.7 Å². The van der Waals surface area contributed by atoms with E-state index in [9.17, 15) is 14.7 Å². The van der Waals surface area contributed by atoms with E-state index in [2.05, 4.69) is 27.0 Å². The van der Waals surface area contributed by atoms with Crippen molar-refractivity contribution < 1.29 is 24.2 Å². The van der Waals surface area contributed by atoms with Gasteiger partial charge in [-0.3, -0.25) is 9.79 Å². The SMILES string of the molecule is COc1ccc2c(c1)OCCn1c-2c(C2CCCCC2)c2ccc(C(=O)NC(C)(C)C3=NC=C(c4ccc(C(=O)O)cc4)C3)cc21. The largest absolute Gasteiger partial charge is 0.497 e. The average Bonchev–Trinajstić information content (AvgIpc) is 3.64. The molecular weight excluding hydrogens is 578 g/mol. The van der Waals surface area contributed by atoms with Crippen molar-refractivity contribution in [2.45, 2.75) is 70.4 Å². The summed E-state index contributed by atoms with van der Waals surface area (Å²) in [7, 11) is 1.67. The van der Waals surface area contributed by atoms with E-state index in [0.29, 0.717) is 31.1 Å². The highest BCUT2D eigenvalue weighted by Crippen LogP contribution is 2.47. The van der Waals surface area contributed by atoms with E-state index >= 15 is 0 Å². The van der Waals surface area contributed by atoms with Crippen LogP contribution in [0.3, 0.4) is 0 Å². The average molecular weight is 618 g/mol. The quantitative estimate of drug-likeness (QED) is 0.220. The minimum Gasteiger partial charge on any atom is -0.497 e. The molecule has 236 valence electrons. The normalized spacial score (nSPS) is 16.5. The molecule has 0 unspecified atom stereocenters. The lowest BCUT2D eigenvalue weighted by atomic mass is 9.81. The number of benzene rings is 3. The van der Waals surface area contributed by atoms with E-state index < -0.39 is 11.5 Å². The highest BCUT2D eigenvalue weighted by molar-refractivity contribution is 6.08. The number of aromatic carboxylic acids is 1. The lowest BCUT2D eigenvalue weighted by Crippen LogP contribution is -2.49. The Bertz CT molecular complexity index is 1910. The first kappa shape index (κ1) is 29.8. The van der Waals surface area contributed by atoms with Crippen molar-refractivity contribution in [1.82, 2.24) is 9.88 Å². The molecule has 0 radical (unpaired) electrons. The van der Waals surface area contributed by atoms with Gasteiger partial charge in [-0.25, -0.2) is 4.79 Å². The molecule has 0 bridgehead atoms. The van der Waals surface area contributed by atoms with Crippen molar-refractivity contribution >= 4 is 34.1 Å². The number of carbonyl (C=O) groups is 2. The number of hydrogen-bond donors (Lipinski definition) is 2. The predicted molar refractivity (Wildman–Crippen MR) is 180 cm³/mol. The standard InChI is InChI=1S/C38H39N3O5/c1-38(2,33-20-27(22-39-33)23-9-11-25(12-10-23)37(43)44)40-36(42)26-13-15-29-31(19-26)41-17-18-46-32-21-28(45-3)14-16-30(32)35(41)34(29)24-7-5-4-6-8-24/h9-16,19,21-22,24H,4-8,17-18,20H2,1-3H3,(H,40,42)(H,43,44). The first-order valence-corrected chi connectivity index (χ1v) is 16.1. The van der Waals surface area contributed by atoms with Gasteiger partial charge in [0, 0.05) is 46.4 Å². The van der Waals surface area contributed by atoms with Gasteiger partial charge in [-0.2, -0.15) is 0 Å². The number of methoxy groups -OCH3 is 1. The molecule has 8 nitrogen and oxygen atoms in total. The third-order valence-corrected chi connectivity index (χ3v) is 9.78. The Morgan fingerprint density at radius 3 is 2.50 bits per heavy atom. The summed E-state index contributed by atoms with van der Waals surface area (Å²) in [6.07, 6.45) is 8.44. The number of ether oxygens (including phenoxy) is 2. The molecule has 3 aliphatic rings. The molecule has 3 aromatic carbocycles. The molecule has 0 spiro atoms. The Hall–Kier alpha value is -4.85. The van der Waals surface area contributed by atoms with Crippen molar-refractivity contribution in [3.8, 4) is 22.8 Å². The monoisotopic (exact) mass is 617 g/mol. The predicted octanol–water partition coefficient (Wildman–Crippen LogP) is 7.85. The highest BCUT2D eigenvalue weighted by atomic mass is 16.5. The third kappa shape index (κ3) is 5.36. The second-order valence-electron chi connectivity index (χ2n) is 13.1. The Morgan fingerprint density at radius 1 is 1.00 bits per heavy atom. The Morgan fingerprint density at radius 2 is 1.76 bits per heavy atom. The summed E-state index contributed by atoms with van der Waals surface area (Å²) in [6.45, 7) is 5.16. The molecular formula is C38H39N3O5. The molecule has 1 saturated carbocycles. The van der Waals surface area contributed by atoms with Crippen LogP contribution < -0.4 is 14.8 Å². The smallest absolute Gasteiger partial charge is 0.335 e. The zero-order chi connectivity index (χ0) is 32.0. The molecule has 8 heteroatoms. The van der Waals surface area contributed by atoms with Crippen molar-refractivity contribution in [2.24, 2.45) is 4.99 Å². The maximum Gasteiger partial charge on any atom is 0.335 e. The van der Waals surface area contributed by atoms with Crippen LogP contribution in [0.5, 0.6) is 11.5 Å². The van der Waals surface area contributed by atoms with Crippen LogP contribution in [0, 0.1) is 0 Å². The van der Waals surface area contributed by atoms with E-state index in [1.165, 1.54) is 35.9 Å². The summed E-state index contributed by atoms with van der Waals surface area (Å²) in [6, 6.07) is 19.0. The van der Waals surface area contributed by atoms with Crippen LogP contribution in [0.15, 0.2) is 71.9 Å². The number of rotatable bonds is 7. The lowest BCUT2D eigenvalue weighted by molar-refractivity contribution is 0.0696. The highest BCUT2D eigenvalue weighted by Gasteiger charge is 2.32. The topological polar surface area (TPSA) is 102 Å². The van der Waals surface area contributed by atoms with Gasteiger partial charge in [0.2, 0.25) is 0 Å². The number of carboxylic acids is 1. The van der Waals surface area contributed by atoms with Crippen LogP contribution in [0.4, 0.5) is 0 Å². The Labute approximate surface area is 268 Å². The van der Waals surface area contributed by atoms with Crippen molar-refractivity contribution in [3.63, 3.8) is 0 Å². The summed E-state index contributed by atoms with van der Waals surface area (Å²) >= 11 is 0. The number of fused-ring (bicyclic) bond motifs is 5. The minimum atomic E-state index is -0.953. The summed E-state index contributed by atoms with van der Waals surface area (Å²) < 4.78 is 14.1. The molecule has 1 amide bonds. The van der Waals surface area contributed by atoms with Gasteiger partial charge in [-0.1, -0.05) is 37.5 Å². The maximum absolute atomic E-state index is 13.8. The Kier molecular flexibility index (Phi) is 7.67. The third-order valence-electron chi connectivity index (χ3n) is 9.78. The molecule has 0 saturated heterocycles. The van der Waals surface area contributed by atoms with Gasteiger partial charge in [0.1, 0.15) is 18.1 Å². The number of nitrogens with zero attached hydrogens (tertiary/aromatic N) is 2. The molecule has 1 aromatic heterocycles. The first-order chi connectivity index (χ1) is 22.2. The van der Waals surface area contributed by atoms with Gasteiger partial charge in [-0.05, 0) is 85.7 Å². The summed E-state index contributed by atoms with van der Waals surface area (Å²) in [4.78, 5) is 29.8. The minimum absolute atomic E-state index is 0.154. The molecule has 2 aliphatic heterocycles. The Balaban J connectivity index is 1.19. The van der Waals surface area contributed by atoms with E-state index in [4.69, 9.17) is 9.47 Å². The summed E-state index contributed by atoms with van der Waals surface area (Å²) in [5.74, 6) is 0.960. The van der Waals surface area contributed by atoms with Gasteiger partial charge < -0.3 is 24.5 Å². The van der Waals surface area contributed by atoms with Crippen LogP contribution in [0.25, 0.3) is 27.7 Å². The van der Waals surface area contributed by atoms with Crippen molar-refractivity contribution in [3.05, 3.63) is 89.1 Å². The number of allylic oxidation sites excluding steroid dienone is 1. The number of carboxylic acid groups (broad SMARTS) is 1. The number of aliphatic imine (C=N–C) groups is 1. The number of carbonyl (C=O) groups excluding carboxylic acids is 1. The van der Waals surface area contributed by atoms with Gasteiger partial charge in [0.15, 0.2) is 0 Å². The number of amides is 1. The fourth-order valence-electron chi connectivity index (χ4n) is 7.28. The van der Waals surface area contributed by atoms with Crippen LogP contribution in [-0.4, -0.2) is 46.5 Å². The van der Waals surface area contributed by atoms with E-state index in [-0.39, 0.29) is 11.5 Å². The van der Waals surface area contributed by atoms with E-state index in [1.54, 1.807) is 31.4 Å². The molecule has 1 fully saturated rings. The van der Waals surface area contributed by atoms with Crippen molar-refractivity contribution in [1.29, 1.82) is 0 Å². The number of aromatic nitrogens is 1. The first-order valence-electron chi connectivity index (χ1n) is 16.1. The zero-order valence-corrected chi connectivity index (χ0v) is 26.6. The fraction of sp³-hybridized carbons (Fsp3) is 0.342. The van der Waals surface area contributed by atoms with E-state index in [0.717, 1.165) is 52.3 Å². The number of hydrogen-bond acceptors (Lipinski definition) is 5. The second-order valence-corrected chi connectivity index (χ2v) is 13.1. The van der Waals surface area contributed by atoms with Crippen LogP contribution in [0.1, 0.15) is 90.1 Å². The number of nitrogens with one attached hydrogen (secondary N) is 1. The molecule has 1 aliphatic carbocycles. The molecule has 0 atom stereocenters. The van der Waals surface area contributed by atoms with Gasteiger partial charge in [-0.15, -0.1) is 0 Å². The lowest BCUT2D eigenvalue weighted by Gasteiger charge is -2.27. The van der Waals surface area contributed by atoms with E-state index in [1.807, 2.05) is 44.3 Å². The summed E-state index contributed by atoms with van der Waals surface area (Å²) in [5.41, 5.74) is 7.61. The molecule has 7 rings (SSSR count). The zero-order valence-electron chi connectivity index (χ0n) is 26.6. The maximum atomic E-state index is 13.8. The van der Waals surface area contributed by atoms with Gasteiger partial charge >= 0.3 is 5.97 Å². The van der Waals surface area contributed by atoms with Crippen LogP contribution in [-0.2, 0) is 6.54 Å². The van der Waals surface area contributed by atoms with Gasteiger partial charge in [0.05, 0.1) is 30.5 Å². The van der Waals surface area contributed by atoms with Gasteiger partial charge in [0.25, 0.3) is 5.91 Å². The molecule has 2 N–H and O–H groups in total.